The first kappa shape index (κ1) is 15.2. The Morgan fingerprint density at radius 2 is 1.64 bits per heavy atom. The van der Waals surface area contributed by atoms with E-state index in [4.69, 9.17) is 9.47 Å². The fraction of sp³-hybridized carbons (Fsp3) is 0.588. The van der Waals surface area contributed by atoms with Crippen LogP contribution in [0.1, 0.15) is 24.3 Å². The molecule has 2 aliphatic rings. The van der Waals surface area contributed by atoms with E-state index < -0.39 is 0 Å². The van der Waals surface area contributed by atoms with Crippen molar-refractivity contribution in [2.45, 2.75) is 18.8 Å². The van der Waals surface area contributed by atoms with Gasteiger partial charge < -0.3 is 19.3 Å². The van der Waals surface area contributed by atoms with Gasteiger partial charge in [-0.15, -0.1) is 0 Å². The lowest BCUT2D eigenvalue weighted by Gasteiger charge is -2.37. The molecule has 1 aromatic carbocycles. The summed E-state index contributed by atoms with van der Waals surface area (Å²) in [6, 6.07) is 8.49. The van der Waals surface area contributed by atoms with E-state index in [1.54, 1.807) is 7.11 Å². The van der Waals surface area contributed by atoms with Gasteiger partial charge in [0, 0.05) is 26.2 Å². The number of ether oxygens (including phenoxy) is 2. The molecule has 2 amide bonds. The Labute approximate surface area is 131 Å². The third-order valence-corrected chi connectivity index (χ3v) is 4.63. The Balaban J connectivity index is 1.54. The van der Waals surface area contributed by atoms with Crippen LogP contribution in [0.4, 0.5) is 4.79 Å². The molecule has 2 fully saturated rings. The molecule has 0 atom stereocenters. The zero-order valence-corrected chi connectivity index (χ0v) is 13.2. The highest BCUT2D eigenvalue weighted by atomic mass is 16.5. The third kappa shape index (κ3) is 3.35. The van der Waals surface area contributed by atoms with E-state index in [1.807, 2.05) is 21.9 Å². The predicted molar refractivity (Wildman–Crippen MR) is 84.3 cm³/mol. The van der Waals surface area contributed by atoms with Crippen molar-refractivity contribution < 1.29 is 14.3 Å². The standard InChI is InChI=1S/C17H24N2O3/c1-21-16-4-2-14(3-5-16)15-6-8-18(9-7-15)17(20)19-10-12-22-13-11-19/h2-5,15H,6-13H2,1H3. The topological polar surface area (TPSA) is 42.0 Å². The number of morpholine rings is 1. The number of benzene rings is 1. The number of hydrogen-bond donors (Lipinski definition) is 0. The summed E-state index contributed by atoms with van der Waals surface area (Å²) in [5.41, 5.74) is 1.35. The first-order valence-electron chi connectivity index (χ1n) is 8.03. The monoisotopic (exact) mass is 304 g/mol. The number of nitrogens with zero attached hydrogens (tertiary/aromatic N) is 2. The van der Waals surface area contributed by atoms with Gasteiger partial charge in [0.25, 0.3) is 0 Å². The molecular formula is C17H24N2O3. The van der Waals surface area contributed by atoms with Crippen LogP contribution in [0.25, 0.3) is 0 Å². The summed E-state index contributed by atoms with van der Waals surface area (Å²) >= 11 is 0. The molecule has 22 heavy (non-hydrogen) atoms. The van der Waals surface area contributed by atoms with Crippen molar-refractivity contribution in [3.05, 3.63) is 29.8 Å². The number of carbonyl (C=O) groups is 1. The number of piperidine rings is 1. The van der Waals surface area contributed by atoms with Gasteiger partial charge in [-0.05, 0) is 36.5 Å². The van der Waals surface area contributed by atoms with Crippen molar-refractivity contribution in [2.24, 2.45) is 0 Å². The molecule has 0 radical (unpaired) electrons. The van der Waals surface area contributed by atoms with Crippen molar-refractivity contribution in [1.29, 1.82) is 0 Å². The van der Waals surface area contributed by atoms with Gasteiger partial charge in [-0.2, -0.15) is 0 Å². The van der Waals surface area contributed by atoms with E-state index in [9.17, 15) is 4.79 Å². The smallest absolute Gasteiger partial charge is 0.320 e. The molecule has 0 bridgehead atoms. The zero-order chi connectivity index (χ0) is 15.4. The first-order chi connectivity index (χ1) is 10.8. The maximum atomic E-state index is 12.5. The highest BCUT2D eigenvalue weighted by Gasteiger charge is 2.27. The highest BCUT2D eigenvalue weighted by molar-refractivity contribution is 5.74. The van der Waals surface area contributed by atoms with Gasteiger partial charge in [0.1, 0.15) is 5.75 Å². The second-order valence-electron chi connectivity index (χ2n) is 5.92. The van der Waals surface area contributed by atoms with E-state index in [2.05, 4.69) is 12.1 Å². The maximum Gasteiger partial charge on any atom is 0.320 e. The Kier molecular flexibility index (Phi) is 4.83. The van der Waals surface area contributed by atoms with Crippen LogP contribution in [0.15, 0.2) is 24.3 Å². The lowest BCUT2D eigenvalue weighted by molar-refractivity contribution is 0.0411. The summed E-state index contributed by atoms with van der Waals surface area (Å²) in [4.78, 5) is 16.4. The van der Waals surface area contributed by atoms with Gasteiger partial charge in [-0.1, -0.05) is 12.1 Å². The van der Waals surface area contributed by atoms with E-state index in [-0.39, 0.29) is 6.03 Å². The highest BCUT2D eigenvalue weighted by Crippen LogP contribution is 2.29. The van der Waals surface area contributed by atoms with Crippen molar-refractivity contribution in [3.8, 4) is 5.75 Å². The second-order valence-corrected chi connectivity index (χ2v) is 5.92. The molecule has 0 saturated carbocycles. The van der Waals surface area contributed by atoms with Crippen molar-refractivity contribution in [2.75, 3.05) is 46.5 Å². The average Bonchev–Trinajstić information content (AvgIpc) is 2.62. The van der Waals surface area contributed by atoms with Gasteiger partial charge in [0.05, 0.1) is 20.3 Å². The predicted octanol–water partition coefficient (Wildman–Crippen LogP) is 2.33. The molecule has 0 aromatic heterocycles. The van der Waals surface area contributed by atoms with Crippen LogP contribution in [-0.2, 0) is 4.74 Å². The zero-order valence-electron chi connectivity index (χ0n) is 13.2. The SMILES string of the molecule is COc1ccc(C2CCN(C(=O)N3CCOCC3)CC2)cc1. The number of carbonyl (C=O) groups excluding carboxylic acids is 1. The lowest BCUT2D eigenvalue weighted by Crippen LogP contribution is -2.50. The van der Waals surface area contributed by atoms with E-state index in [0.717, 1.165) is 44.8 Å². The van der Waals surface area contributed by atoms with Crippen LogP contribution >= 0.6 is 0 Å². The molecule has 5 nitrogen and oxygen atoms in total. The van der Waals surface area contributed by atoms with Crippen LogP contribution in [0.3, 0.4) is 0 Å². The Morgan fingerprint density at radius 3 is 2.23 bits per heavy atom. The van der Waals surface area contributed by atoms with Gasteiger partial charge in [-0.25, -0.2) is 4.79 Å². The van der Waals surface area contributed by atoms with E-state index >= 15 is 0 Å². The molecular weight excluding hydrogens is 280 g/mol. The maximum absolute atomic E-state index is 12.5. The van der Waals surface area contributed by atoms with Crippen LogP contribution in [0.5, 0.6) is 5.75 Å². The largest absolute Gasteiger partial charge is 0.497 e. The number of rotatable bonds is 2. The number of likely N-dealkylation sites (tertiary alicyclic amines) is 1. The fourth-order valence-corrected chi connectivity index (χ4v) is 3.23. The Hall–Kier alpha value is -1.75. The second kappa shape index (κ2) is 7.01. The van der Waals surface area contributed by atoms with Gasteiger partial charge in [0.15, 0.2) is 0 Å². The summed E-state index contributed by atoms with van der Waals surface area (Å²) in [6.45, 7) is 4.44. The Morgan fingerprint density at radius 1 is 1.05 bits per heavy atom. The van der Waals surface area contributed by atoms with Crippen molar-refractivity contribution >= 4 is 6.03 Å². The third-order valence-electron chi connectivity index (χ3n) is 4.63. The molecule has 120 valence electrons. The molecule has 5 heteroatoms. The first-order valence-corrected chi connectivity index (χ1v) is 8.03. The van der Waals surface area contributed by atoms with Crippen LogP contribution in [0, 0.1) is 0 Å². The van der Waals surface area contributed by atoms with Crippen LogP contribution in [-0.4, -0.2) is 62.3 Å². The van der Waals surface area contributed by atoms with Gasteiger partial charge in [0.2, 0.25) is 0 Å². The lowest BCUT2D eigenvalue weighted by atomic mass is 9.89. The van der Waals surface area contributed by atoms with Gasteiger partial charge in [-0.3, -0.25) is 0 Å². The van der Waals surface area contributed by atoms with Crippen molar-refractivity contribution in [1.82, 2.24) is 9.80 Å². The summed E-state index contributed by atoms with van der Waals surface area (Å²) in [5, 5.41) is 0. The summed E-state index contributed by atoms with van der Waals surface area (Å²) in [7, 11) is 1.69. The quantitative estimate of drug-likeness (QED) is 0.842. The minimum absolute atomic E-state index is 0.177. The summed E-state index contributed by atoms with van der Waals surface area (Å²) < 4.78 is 10.5. The number of hydrogen-bond acceptors (Lipinski definition) is 3. The molecule has 0 N–H and O–H groups in total. The molecule has 2 saturated heterocycles. The molecule has 2 aliphatic heterocycles. The van der Waals surface area contributed by atoms with E-state index in [0.29, 0.717) is 19.1 Å². The minimum Gasteiger partial charge on any atom is -0.497 e. The normalized spacial score (nSPS) is 20.0. The average molecular weight is 304 g/mol. The molecule has 0 spiro atoms. The Bertz CT molecular complexity index is 489. The molecule has 2 heterocycles. The van der Waals surface area contributed by atoms with Crippen molar-refractivity contribution in [3.63, 3.8) is 0 Å². The summed E-state index contributed by atoms with van der Waals surface area (Å²) in [5.74, 6) is 1.43. The number of methoxy groups -OCH3 is 1. The minimum atomic E-state index is 0.177. The number of urea groups is 1. The van der Waals surface area contributed by atoms with E-state index in [1.165, 1.54) is 5.56 Å². The van der Waals surface area contributed by atoms with Gasteiger partial charge >= 0.3 is 6.03 Å². The van der Waals surface area contributed by atoms with Crippen LogP contribution in [0.2, 0.25) is 0 Å². The number of amides is 2. The summed E-state index contributed by atoms with van der Waals surface area (Å²) in [6.07, 6.45) is 2.06. The molecule has 0 aliphatic carbocycles. The van der Waals surface area contributed by atoms with Crippen LogP contribution < -0.4 is 4.74 Å². The fourth-order valence-electron chi connectivity index (χ4n) is 3.23. The molecule has 1 aromatic rings. The molecule has 3 rings (SSSR count). The molecule has 0 unspecified atom stereocenters.